The highest BCUT2D eigenvalue weighted by molar-refractivity contribution is 7.12. The van der Waals surface area contributed by atoms with Crippen LogP contribution in [0.2, 0.25) is 0 Å². The molecule has 2 aliphatic rings. The predicted octanol–water partition coefficient (Wildman–Crippen LogP) is 3.91. The molecule has 0 aliphatic carbocycles. The van der Waals surface area contributed by atoms with Crippen molar-refractivity contribution in [3.05, 3.63) is 57.8 Å². The van der Waals surface area contributed by atoms with Crippen LogP contribution in [0.4, 0.5) is 5.82 Å². The fourth-order valence-electron chi connectivity index (χ4n) is 5.36. The first kappa shape index (κ1) is 27.4. The summed E-state index contributed by atoms with van der Waals surface area (Å²) in [6.45, 7) is 9.04. The minimum atomic E-state index is -0.814. The van der Waals surface area contributed by atoms with Crippen molar-refractivity contribution < 1.29 is 14.7 Å². The second-order valence-corrected chi connectivity index (χ2v) is 11.7. The zero-order valence-electron chi connectivity index (χ0n) is 22.7. The van der Waals surface area contributed by atoms with E-state index in [9.17, 15) is 9.59 Å². The van der Waals surface area contributed by atoms with Crippen LogP contribution < -0.4 is 4.90 Å². The molecule has 2 saturated heterocycles. The summed E-state index contributed by atoms with van der Waals surface area (Å²) in [5.74, 6) is -0.205. The van der Waals surface area contributed by atoms with Crippen LogP contribution in [0.25, 0.3) is 11.3 Å². The average Bonchev–Trinajstić information content (AvgIpc) is 3.32. The van der Waals surface area contributed by atoms with E-state index in [2.05, 4.69) is 57.9 Å². The fraction of sp³-hybridized carbons (Fsp3) is 0.483. The maximum Gasteiger partial charge on any atom is 0.317 e. The van der Waals surface area contributed by atoms with Crippen LogP contribution in [0.1, 0.15) is 52.1 Å². The third-order valence-electron chi connectivity index (χ3n) is 7.61. The average molecular weight is 549 g/mol. The first-order chi connectivity index (χ1) is 18.9. The number of thiazole rings is 1. The zero-order valence-corrected chi connectivity index (χ0v) is 23.5. The normalized spacial score (nSPS) is 18.8. The summed E-state index contributed by atoms with van der Waals surface area (Å²) in [4.78, 5) is 45.7. The Balaban J connectivity index is 1.28. The van der Waals surface area contributed by atoms with Gasteiger partial charge >= 0.3 is 5.97 Å². The molecule has 2 fully saturated rings. The highest BCUT2D eigenvalue weighted by Gasteiger charge is 2.24. The lowest BCUT2D eigenvalue weighted by Gasteiger charge is -2.34. The number of carbonyl (C=O) groups excluding carboxylic acids is 1. The van der Waals surface area contributed by atoms with Gasteiger partial charge in [-0.25, -0.2) is 15.0 Å². The number of Topliss-reactive ketones (excluding diaryl/α,β-unsaturated/α-hetero) is 1. The number of anilines is 1. The Morgan fingerprint density at radius 1 is 1.08 bits per heavy atom. The van der Waals surface area contributed by atoms with Crippen molar-refractivity contribution in [2.75, 3.05) is 44.2 Å². The molecule has 206 valence electrons. The van der Waals surface area contributed by atoms with Gasteiger partial charge in [0.15, 0.2) is 5.78 Å². The lowest BCUT2D eigenvalue weighted by Crippen LogP contribution is -2.48. The second kappa shape index (κ2) is 12.3. The number of carboxylic acid groups (broad SMARTS) is 1. The number of aryl methyl sites for hydroxylation is 1. The number of likely N-dealkylation sites (tertiary alicyclic amines) is 1. The van der Waals surface area contributed by atoms with Gasteiger partial charge in [-0.1, -0.05) is 30.2 Å². The van der Waals surface area contributed by atoms with Crippen LogP contribution in [-0.2, 0) is 17.8 Å². The van der Waals surface area contributed by atoms with Gasteiger partial charge in [0.05, 0.1) is 31.1 Å². The molecule has 4 heterocycles. The molecule has 0 radical (unpaired) electrons. The van der Waals surface area contributed by atoms with E-state index >= 15 is 0 Å². The van der Waals surface area contributed by atoms with E-state index in [4.69, 9.17) is 10.1 Å². The number of aliphatic carboxylic acids is 1. The van der Waals surface area contributed by atoms with Crippen LogP contribution in [-0.4, -0.2) is 86.9 Å². The Kier molecular flexibility index (Phi) is 8.64. The predicted molar refractivity (Wildman–Crippen MR) is 152 cm³/mol. The van der Waals surface area contributed by atoms with Gasteiger partial charge in [0.2, 0.25) is 0 Å². The van der Waals surface area contributed by atoms with E-state index in [0.29, 0.717) is 43.7 Å². The van der Waals surface area contributed by atoms with Crippen molar-refractivity contribution in [2.24, 2.45) is 0 Å². The van der Waals surface area contributed by atoms with Crippen molar-refractivity contribution in [2.45, 2.75) is 52.1 Å². The number of piperazine rings is 1. The van der Waals surface area contributed by atoms with E-state index in [1.165, 1.54) is 29.7 Å². The van der Waals surface area contributed by atoms with Gasteiger partial charge in [-0.15, -0.1) is 11.3 Å². The van der Waals surface area contributed by atoms with Crippen molar-refractivity contribution in [1.82, 2.24) is 24.8 Å². The molecule has 0 saturated carbocycles. The number of piperidine rings is 1. The molecule has 39 heavy (non-hydrogen) atoms. The third-order valence-corrected chi connectivity index (χ3v) is 8.65. The van der Waals surface area contributed by atoms with Gasteiger partial charge < -0.3 is 10.0 Å². The SMILES string of the molecule is Cc1cccc(-c2nc(CC(=O)c3cnc(N4CCN(CC(=O)O)CC4)cn3)sc2CN2CCCC[C@H]2C)c1. The molecular formula is C29H36N6O3S. The van der Waals surface area contributed by atoms with E-state index in [0.717, 1.165) is 29.4 Å². The maximum atomic E-state index is 13.2. The molecule has 0 bridgehead atoms. The molecule has 3 aromatic rings. The lowest BCUT2D eigenvalue weighted by atomic mass is 10.0. The standard InChI is InChI=1S/C29H36N6O3S/c1-20-6-5-8-22(14-20)29-25(18-35-9-4-3-7-21(35)2)39-27(32-29)15-24(36)23-16-31-26(17-30-23)34-12-10-33(11-13-34)19-28(37)38/h5-6,8,14,16-17,21H,3-4,7,9-13,15,18-19H2,1-2H3,(H,37,38)/t21-/m1/s1. The topological polar surface area (TPSA) is 103 Å². The Morgan fingerprint density at radius 3 is 2.59 bits per heavy atom. The minimum absolute atomic E-state index is 0.0497. The number of hydrogen-bond acceptors (Lipinski definition) is 9. The van der Waals surface area contributed by atoms with Crippen molar-refractivity contribution in [3.8, 4) is 11.3 Å². The summed E-state index contributed by atoms with van der Waals surface area (Å²) in [6, 6.07) is 8.96. The summed E-state index contributed by atoms with van der Waals surface area (Å²) >= 11 is 1.63. The van der Waals surface area contributed by atoms with Crippen LogP contribution >= 0.6 is 11.3 Å². The maximum absolute atomic E-state index is 13.2. The molecule has 0 spiro atoms. The number of nitrogens with zero attached hydrogens (tertiary/aromatic N) is 6. The monoisotopic (exact) mass is 548 g/mol. The minimum Gasteiger partial charge on any atom is -0.480 e. The van der Waals surface area contributed by atoms with Gasteiger partial charge in [0, 0.05) is 49.2 Å². The third kappa shape index (κ3) is 6.87. The molecule has 0 unspecified atom stereocenters. The smallest absolute Gasteiger partial charge is 0.317 e. The quantitative estimate of drug-likeness (QED) is 0.399. The summed E-state index contributed by atoms with van der Waals surface area (Å²) in [5, 5.41) is 9.79. The molecule has 10 heteroatoms. The molecule has 1 atom stereocenters. The first-order valence-electron chi connectivity index (χ1n) is 13.7. The highest BCUT2D eigenvalue weighted by atomic mass is 32.1. The number of carbonyl (C=O) groups is 2. The molecule has 2 aromatic heterocycles. The molecule has 9 nitrogen and oxygen atoms in total. The molecular weight excluding hydrogens is 512 g/mol. The molecule has 5 rings (SSSR count). The summed E-state index contributed by atoms with van der Waals surface area (Å²) in [7, 11) is 0. The Hall–Kier alpha value is -3.21. The number of carboxylic acids is 1. The number of ketones is 1. The summed E-state index contributed by atoms with van der Waals surface area (Å²) < 4.78 is 0. The van der Waals surface area contributed by atoms with Gasteiger partial charge in [-0.3, -0.25) is 19.4 Å². The number of benzene rings is 1. The summed E-state index contributed by atoms with van der Waals surface area (Å²) in [5.41, 5.74) is 3.60. The Morgan fingerprint density at radius 2 is 1.90 bits per heavy atom. The van der Waals surface area contributed by atoms with Crippen LogP contribution in [0, 0.1) is 6.92 Å². The summed E-state index contributed by atoms with van der Waals surface area (Å²) in [6.07, 6.45) is 7.11. The lowest BCUT2D eigenvalue weighted by molar-refractivity contribution is -0.138. The fourth-order valence-corrected chi connectivity index (χ4v) is 6.48. The Labute approximate surface area is 233 Å². The molecule has 1 N–H and O–H groups in total. The molecule has 0 amide bonds. The van der Waals surface area contributed by atoms with Crippen LogP contribution in [0.3, 0.4) is 0 Å². The van der Waals surface area contributed by atoms with Gasteiger partial charge in [0.1, 0.15) is 16.5 Å². The van der Waals surface area contributed by atoms with Crippen molar-refractivity contribution in [3.63, 3.8) is 0 Å². The largest absolute Gasteiger partial charge is 0.480 e. The second-order valence-electron chi connectivity index (χ2n) is 10.6. The Bertz CT molecular complexity index is 1300. The number of aromatic nitrogens is 3. The molecule has 1 aromatic carbocycles. The highest BCUT2D eigenvalue weighted by Crippen LogP contribution is 2.32. The van der Waals surface area contributed by atoms with Gasteiger partial charge in [0.25, 0.3) is 0 Å². The number of hydrogen-bond donors (Lipinski definition) is 1. The van der Waals surface area contributed by atoms with Crippen LogP contribution in [0.15, 0.2) is 36.7 Å². The van der Waals surface area contributed by atoms with E-state index in [1.54, 1.807) is 23.7 Å². The first-order valence-corrected chi connectivity index (χ1v) is 14.5. The van der Waals surface area contributed by atoms with Gasteiger partial charge in [-0.05, 0) is 39.3 Å². The van der Waals surface area contributed by atoms with Crippen LogP contribution in [0.5, 0.6) is 0 Å². The van der Waals surface area contributed by atoms with E-state index < -0.39 is 5.97 Å². The molecule has 2 aliphatic heterocycles. The van der Waals surface area contributed by atoms with Crippen molar-refractivity contribution in [1.29, 1.82) is 0 Å². The van der Waals surface area contributed by atoms with E-state index in [1.807, 2.05) is 4.90 Å². The van der Waals surface area contributed by atoms with Gasteiger partial charge in [-0.2, -0.15) is 0 Å². The number of rotatable bonds is 9. The van der Waals surface area contributed by atoms with Crippen molar-refractivity contribution >= 4 is 28.9 Å². The van der Waals surface area contributed by atoms with E-state index in [-0.39, 0.29) is 18.7 Å². The zero-order chi connectivity index (χ0) is 27.4.